The Hall–Kier alpha value is -3.59. The largest absolute Gasteiger partial charge is 0.504 e. The number of hydrogen-bond donors (Lipinski definition) is 2. The normalized spacial score (nSPS) is 11.5. The first-order valence-electron chi connectivity index (χ1n) is 8.36. The van der Waals surface area contributed by atoms with Crippen LogP contribution >= 0.6 is 0 Å². The van der Waals surface area contributed by atoms with Crippen molar-refractivity contribution in [2.24, 2.45) is 0 Å². The first kappa shape index (κ1) is 14.7. The van der Waals surface area contributed by atoms with Crippen LogP contribution in [0, 0.1) is 0 Å². The molecule has 0 radical (unpaired) electrons. The molecule has 5 rings (SSSR count). The minimum Gasteiger partial charge on any atom is -0.504 e. The summed E-state index contributed by atoms with van der Waals surface area (Å²) in [6, 6.07) is 21.9. The Morgan fingerprint density at radius 2 is 1.23 bits per heavy atom. The third-order valence-electron chi connectivity index (χ3n) is 5.13. The zero-order valence-corrected chi connectivity index (χ0v) is 13.7. The van der Waals surface area contributed by atoms with Gasteiger partial charge < -0.3 is 10.2 Å². The lowest BCUT2D eigenvalue weighted by molar-refractivity contribution is 0.112. The molecule has 0 heterocycles. The molecule has 0 unspecified atom stereocenters. The first-order valence-corrected chi connectivity index (χ1v) is 8.36. The number of carbonyl (C=O) groups excluding carboxylic acids is 1. The van der Waals surface area contributed by atoms with Gasteiger partial charge in [-0.25, -0.2) is 0 Å². The molecule has 3 nitrogen and oxygen atoms in total. The first-order chi connectivity index (χ1) is 12.7. The molecule has 0 fully saturated rings. The van der Waals surface area contributed by atoms with Gasteiger partial charge in [0.25, 0.3) is 0 Å². The highest BCUT2D eigenvalue weighted by Crippen LogP contribution is 2.42. The Morgan fingerprint density at radius 3 is 2.04 bits per heavy atom. The number of aromatic hydroxyl groups is 2. The van der Waals surface area contributed by atoms with Gasteiger partial charge in [-0.3, -0.25) is 4.79 Å². The van der Waals surface area contributed by atoms with E-state index in [1.54, 1.807) is 6.07 Å². The number of phenols is 2. The number of hydrogen-bond acceptors (Lipinski definition) is 3. The van der Waals surface area contributed by atoms with Crippen molar-refractivity contribution in [3.05, 3.63) is 72.3 Å². The molecular weight excluding hydrogens is 324 g/mol. The maximum Gasteiger partial charge on any atom is 0.168 e. The van der Waals surface area contributed by atoms with Crippen molar-refractivity contribution in [3.8, 4) is 11.5 Å². The summed E-state index contributed by atoms with van der Waals surface area (Å²) in [7, 11) is 0. The molecule has 0 atom stereocenters. The van der Waals surface area contributed by atoms with Gasteiger partial charge in [-0.2, -0.15) is 0 Å². The molecule has 0 amide bonds. The summed E-state index contributed by atoms with van der Waals surface area (Å²) >= 11 is 0. The molecule has 0 spiro atoms. The number of phenolic OH excluding ortho intramolecular Hbond substituents is 2. The highest BCUT2D eigenvalue weighted by atomic mass is 16.3. The molecule has 5 aromatic rings. The molecule has 2 N–H and O–H groups in total. The van der Waals surface area contributed by atoms with Crippen LogP contribution in [0.3, 0.4) is 0 Å². The Morgan fingerprint density at radius 1 is 0.615 bits per heavy atom. The topological polar surface area (TPSA) is 57.5 Å². The summed E-state index contributed by atoms with van der Waals surface area (Å²) < 4.78 is 0. The number of aldehydes is 1. The minimum absolute atomic E-state index is 0.0844. The van der Waals surface area contributed by atoms with Gasteiger partial charge >= 0.3 is 0 Å². The van der Waals surface area contributed by atoms with Gasteiger partial charge in [0.05, 0.1) is 5.56 Å². The van der Waals surface area contributed by atoms with Crippen molar-refractivity contribution >= 4 is 49.4 Å². The molecule has 0 aliphatic heterocycles. The van der Waals surface area contributed by atoms with Crippen LogP contribution in [0.4, 0.5) is 0 Å². The maximum absolute atomic E-state index is 11.1. The van der Waals surface area contributed by atoms with Crippen LogP contribution in [0.15, 0.2) is 66.7 Å². The van der Waals surface area contributed by atoms with E-state index in [-0.39, 0.29) is 17.1 Å². The Balaban J connectivity index is 2.00. The summed E-state index contributed by atoms with van der Waals surface area (Å²) in [4.78, 5) is 11.1. The highest BCUT2D eigenvalue weighted by molar-refractivity contribution is 6.23. The number of carbonyl (C=O) groups is 1. The lowest BCUT2D eigenvalue weighted by atomic mass is 9.93. The molecule has 26 heavy (non-hydrogen) atoms. The van der Waals surface area contributed by atoms with Gasteiger partial charge in [-0.15, -0.1) is 0 Å². The predicted octanol–water partition coefficient (Wildman–Crippen LogP) is 5.52. The van der Waals surface area contributed by atoms with Crippen molar-refractivity contribution in [2.75, 3.05) is 0 Å². The number of rotatable bonds is 1. The lowest BCUT2D eigenvalue weighted by Crippen LogP contribution is -1.87. The van der Waals surface area contributed by atoms with Crippen molar-refractivity contribution in [1.82, 2.24) is 0 Å². The molecule has 0 aliphatic carbocycles. The standard InChI is InChI=1S/C23H14O3/c24-12-15-11-14-6-8-19-18-7-5-13-3-1-2-4-16(13)17(18)9-10-20(19)21(14)23(26)22(15)25/h1-12,25-26H. The second-order valence-electron chi connectivity index (χ2n) is 6.49. The number of fused-ring (bicyclic) bond motifs is 7. The average Bonchev–Trinajstić information content (AvgIpc) is 2.69. The van der Waals surface area contributed by atoms with Crippen LogP contribution < -0.4 is 0 Å². The summed E-state index contributed by atoms with van der Waals surface area (Å²) in [6.45, 7) is 0. The Bertz CT molecular complexity index is 1370. The molecule has 0 bridgehead atoms. The van der Waals surface area contributed by atoms with E-state index in [1.807, 2.05) is 36.4 Å². The molecule has 5 aromatic carbocycles. The maximum atomic E-state index is 11.1. The van der Waals surface area contributed by atoms with E-state index < -0.39 is 0 Å². The van der Waals surface area contributed by atoms with Crippen molar-refractivity contribution in [2.45, 2.75) is 0 Å². The smallest absolute Gasteiger partial charge is 0.168 e. The SMILES string of the molecule is O=Cc1cc2ccc3c4ccc5ccccc5c4ccc3c2c(O)c1O. The second kappa shape index (κ2) is 5.20. The van der Waals surface area contributed by atoms with Crippen molar-refractivity contribution < 1.29 is 15.0 Å². The van der Waals surface area contributed by atoms with Gasteiger partial charge in [-0.05, 0) is 43.8 Å². The molecule has 3 heteroatoms. The molecule has 0 saturated carbocycles. The van der Waals surface area contributed by atoms with Crippen LogP contribution in [0.5, 0.6) is 11.5 Å². The van der Waals surface area contributed by atoms with E-state index >= 15 is 0 Å². The number of benzene rings is 5. The highest BCUT2D eigenvalue weighted by Gasteiger charge is 2.15. The fraction of sp³-hybridized carbons (Fsp3) is 0. The van der Waals surface area contributed by atoms with Crippen LogP contribution in [-0.4, -0.2) is 16.5 Å². The van der Waals surface area contributed by atoms with E-state index in [4.69, 9.17) is 0 Å². The van der Waals surface area contributed by atoms with E-state index in [9.17, 15) is 15.0 Å². The Labute approximate surface area is 148 Å². The zero-order valence-electron chi connectivity index (χ0n) is 13.7. The molecule has 124 valence electrons. The molecular formula is C23H14O3. The van der Waals surface area contributed by atoms with Gasteiger partial charge in [0.15, 0.2) is 17.8 Å². The molecule has 0 aromatic heterocycles. The van der Waals surface area contributed by atoms with Gasteiger partial charge in [0.2, 0.25) is 0 Å². The van der Waals surface area contributed by atoms with Crippen LogP contribution in [0.1, 0.15) is 10.4 Å². The monoisotopic (exact) mass is 338 g/mol. The Kier molecular flexibility index (Phi) is 2.95. The fourth-order valence-electron chi connectivity index (χ4n) is 3.89. The van der Waals surface area contributed by atoms with Gasteiger partial charge in [0, 0.05) is 5.39 Å². The average molecular weight is 338 g/mol. The van der Waals surface area contributed by atoms with Crippen LogP contribution in [-0.2, 0) is 0 Å². The predicted molar refractivity (Wildman–Crippen MR) is 105 cm³/mol. The summed E-state index contributed by atoms with van der Waals surface area (Å²) in [6.07, 6.45) is 0.547. The molecule has 0 saturated heterocycles. The quantitative estimate of drug-likeness (QED) is 0.240. The summed E-state index contributed by atoms with van der Waals surface area (Å²) in [5, 5.41) is 28.3. The van der Waals surface area contributed by atoms with Crippen LogP contribution in [0.25, 0.3) is 43.1 Å². The van der Waals surface area contributed by atoms with E-state index in [1.165, 1.54) is 10.8 Å². The van der Waals surface area contributed by atoms with E-state index in [0.29, 0.717) is 11.7 Å². The second-order valence-corrected chi connectivity index (χ2v) is 6.49. The summed E-state index contributed by atoms with van der Waals surface area (Å²) in [5.41, 5.74) is 0.0844. The fourth-order valence-corrected chi connectivity index (χ4v) is 3.89. The van der Waals surface area contributed by atoms with Gasteiger partial charge in [0.1, 0.15) is 0 Å². The van der Waals surface area contributed by atoms with Crippen molar-refractivity contribution in [1.29, 1.82) is 0 Å². The minimum atomic E-state index is -0.376. The van der Waals surface area contributed by atoms with Crippen LogP contribution in [0.2, 0.25) is 0 Å². The van der Waals surface area contributed by atoms with Crippen molar-refractivity contribution in [3.63, 3.8) is 0 Å². The third-order valence-corrected chi connectivity index (χ3v) is 5.13. The molecule has 0 aliphatic rings. The van der Waals surface area contributed by atoms with Gasteiger partial charge in [-0.1, -0.05) is 60.7 Å². The van der Waals surface area contributed by atoms with E-state index in [0.717, 1.165) is 26.9 Å². The third kappa shape index (κ3) is 1.85. The van der Waals surface area contributed by atoms with E-state index in [2.05, 4.69) is 24.3 Å². The summed E-state index contributed by atoms with van der Waals surface area (Å²) in [5.74, 6) is -0.631. The zero-order chi connectivity index (χ0) is 17.8. The lowest BCUT2D eigenvalue weighted by Gasteiger charge is -2.12.